The highest BCUT2D eigenvalue weighted by atomic mass is 35.5. The minimum atomic E-state index is -0.444. The molecule has 2 aromatic rings. The number of amides is 1. The molecular weight excluding hydrogens is 276 g/mol. The van der Waals surface area contributed by atoms with Crippen molar-refractivity contribution in [2.75, 3.05) is 5.32 Å². The summed E-state index contributed by atoms with van der Waals surface area (Å²) in [5, 5.41) is 8.27. The number of nitrogens with zero attached hydrogens (tertiary/aromatic N) is 2. The number of hydrogen-bond donors (Lipinski definition) is 2. The maximum Gasteiger partial charge on any atom is 0.248 e. The molecule has 106 valence electrons. The van der Waals surface area contributed by atoms with Gasteiger partial charge in [-0.2, -0.15) is 5.10 Å². The van der Waals surface area contributed by atoms with Gasteiger partial charge in [-0.15, -0.1) is 0 Å². The van der Waals surface area contributed by atoms with Crippen LogP contribution in [0.2, 0.25) is 5.02 Å². The molecule has 0 fully saturated rings. The molecule has 0 bridgehead atoms. The van der Waals surface area contributed by atoms with Gasteiger partial charge < -0.3 is 11.1 Å². The summed E-state index contributed by atoms with van der Waals surface area (Å²) in [6.45, 7) is 2.55. The Morgan fingerprint density at radius 1 is 1.50 bits per heavy atom. The predicted octanol–water partition coefficient (Wildman–Crippen LogP) is 2.35. The van der Waals surface area contributed by atoms with E-state index in [-0.39, 0.29) is 0 Å². The molecule has 0 atom stereocenters. The number of rotatable bonds is 5. The van der Waals surface area contributed by atoms with E-state index in [1.165, 1.54) is 0 Å². The van der Waals surface area contributed by atoms with Gasteiger partial charge in [-0.05, 0) is 24.6 Å². The Balaban J connectivity index is 2.15. The minimum absolute atomic E-state index is 0.444. The topological polar surface area (TPSA) is 72.9 Å². The van der Waals surface area contributed by atoms with E-state index in [2.05, 4.69) is 10.4 Å². The number of hydrogen-bond acceptors (Lipinski definition) is 3. The molecule has 1 amide bonds. The Bertz CT molecular complexity index is 636. The van der Waals surface area contributed by atoms with Crippen molar-refractivity contribution in [2.24, 2.45) is 12.8 Å². The SMILES string of the molecule is CCc1nn(C)c(CNc2cccc(C(N)=O)c2)c1Cl. The molecule has 0 aliphatic carbocycles. The van der Waals surface area contributed by atoms with Crippen molar-refractivity contribution in [1.29, 1.82) is 0 Å². The van der Waals surface area contributed by atoms with Gasteiger partial charge in [-0.3, -0.25) is 9.48 Å². The standard InChI is InChI=1S/C14H17ClN4O/c1-3-11-13(15)12(19(2)18-11)8-17-10-6-4-5-9(7-10)14(16)20/h4-7,17H,3,8H2,1-2H3,(H2,16,20). The van der Waals surface area contributed by atoms with Gasteiger partial charge in [0.2, 0.25) is 5.91 Å². The van der Waals surface area contributed by atoms with Crippen molar-refractivity contribution in [2.45, 2.75) is 19.9 Å². The first-order chi connectivity index (χ1) is 9.52. The first-order valence-corrected chi connectivity index (χ1v) is 6.74. The second-order valence-electron chi connectivity index (χ2n) is 4.48. The summed E-state index contributed by atoms with van der Waals surface area (Å²) in [7, 11) is 1.86. The van der Waals surface area contributed by atoms with Gasteiger partial charge in [0.25, 0.3) is 0 Å². The van der Waals surface area contributed by atoms with Gasteiger partial charge in [0.1, 0.15) is 0 Å². The lowest BCUT2D eigenvalue weighted by atomic mass is 10.2. The lowest BCUT2D eigenvalue weighted by molar-refractivity contribution is 0.100. The van der Waals surface area contributed by atoms with Crippen molar-refractivity contribution in [3.63, 3.8) is 0 Å². The summed E-state index contributed by atoms with van der Waals surface area (Å²) in [4.78, 5) is 11.1. The fraction of sp³-hybridized carbons (Fsp3) is 0.286. The van der Waals surface area contributed by atoms with Crippen LogP contribution in [0.5, 0.6) is 0 Å². The molecule has 0 saturated carbocycles. The molecule has 5 nitrogen and oxygen atoms in total. The summed E-state index contributed by atoms with van der Waals surface area (Å²) in [5.74, 6) is -0.444. The van der Waals surface area contributed by atoms with Crippen LogP contribution in [0.15, 0.2) is 24.3 Å². The van der Waals surface area contributed by atoms with Gasteiger partial charge in [-0.1, -0.05) is 24.6 Å². The number of primary amides is 1. The second kappa shape index (κ2) is 5.96. The summed E-state index contributed by atoms with van der Waals surface area (Å²) in [5.41, 5.74) is 8.34. The number of carbonyl (C=O) groups is 1. The zero-order valence-electron chi connectivity index (χ0n) is 11.5. The summed E-state index contributed by atoms with van der Waals surface area (Å²) in [6, 6.07) is 7.05. The van der Waals surface area contributed by atoms with Crippen LogP contribution >= 0.6 is 11.6 Å². The second-order valence-corrected chi connectivity index (χ2v) is 4.86. The van der Waals surface area contributed by atoms with Crippen molar-refractivity contribution < 1.29 is 4.79 Å². The van der Waals surface area contributed by atoms with E-state index in [1.54, 1.807) is 22.9 Å². The summed E-state index contributed by atoms with van der Waals surface area (Å²) in [6.07, 6.45) is 0.795. The number of aryl methyl sites for hydroxylation is 2. The van der Waals surface area contributed by atoms with E-state index in [9.17, 15) is 4.79 Å². The summed E-state index contributed by atoms with van der Waals surface area (Å²) < 4.78 is 1.77. The van der Waals surface area contributed by atoms with Crippen LogP contribution < -0.4 is 11.1 Å². The molecule has 0 aliphatic heterocycles. The third-order valence-electron chi connectivity index (χ3n) is 3.11. The molecule has 0 radical (unpaired) electrons. The average Bonchev–Trinajstić information content (AvgIpc) is 2.71. The highest BCUT2D eigenvalue weighted by molar-refractivity contribution is 6.31. The third-order valence-corrected chi connectivity index (χ3v) is 3.55. The molecule has 1 aromatic carbocycles. The first-order valence-electron chi connectivity index (χ1n) is 6.37. The van der Waals surface area contributed by atoms with Gasteiger partial charge >= 0.3 is 0 Å². The van der Waals surface area contributed by atoms with Crippen LogP contribution in [0.3, 0.4) is 0 Å². The molecule has 0 unspecified atom stereocenters. The predicted molar refractivity (Wildman–Crippen MR) is 79.9 cm³/mol. The highest BCUT2D eigenvalue weighted by Crippen LogP contribution is 2.22. The number of nitrogens with one attached hydrogen (secondary N) is 1. The molecule has 1 heterocycles. The largest absolute Gasteiger partial charge is 0.379 e. The number of halogens is 1. The zero-order valence-corrected chi connectivity index (χ0v) is 12.2. The Morgan fingerprint density at radius 3 is 2.85 bits per heavy atom. The molecule has 1 aromatic heterocycles. The molecule has 20 heavy (non-hydrogen) atoms. The van der Waals surface area contributed by atoms with Crippen LogP contribution in [0.4, 0.5) is 5.69 Å². The van der Waals surface area contributed by atoms with E-state index in [1.807, 2.05) is 20.0 Å². The van der Waals surface area contributed by atoms with Crippen LogP contribution in [-0.2, 0) is 20.0 Å². The number of nitrogens with two attached hydrogens (primary N) is 1. The lowest BCUT2D eigenvalue weighted by Gasteiger charge is -2.08. The normalized spacial score (nSPS) is 10.6. The zero-order chi connectivity index (χ0) is 14.7. The van der Waals surface area contributed by atoms with Crippen molar-refractivity contribution in [1.82, 2.24) is 9.78 Å². The Morgan fingerprint density at radius 2 is 2.25 bits per heavy atom. The van der Waals surface area contributed by atoms with E-state index in [4.69, 9.17) is 17.3 Å². The lowest BCUT2D eigenvalue weighted by Crippen LogP contribution is -2.11. The van der Waals surface area contributed by atoms with Crippen molar-refractivity contribution in [3.8, 4) is 0 Å². The first kappa shape index (κ1) is 14.4. The smallest absolute Gasteiger partial charge is 0.248 e. The number of benzene rings is 1. The van der Waals surface area contributed by atoms with Crippen molar-refractivity contribution >= 4 is 23.2 Å². The Hall–Kier alpha value is -2.01. The molecule has 2 rings (SSSR count). The third kappa shape index (κ3) is 2.93. The maximum absolute atomic E-state index is 11.1. The monoisotopic (exact) mass is 292 g/mol. The number of carbonyl (C=O) groups excluding carboxylic acids is 1. The molecule has 3 N–H and O–H groups in total. The number of anilines is 1. The van der Waals surface area contributed by atoms with E-state index >= 15 is 0 Å². The average molecular weight is 293 g/mol. The molecular formula is C14H17ClN4O. The molecule has 0 saturated heterocycles. The van der Waals surface area contributed by atoms with Crippen LogP contribution in [-0.4, -0.2) is 15.7 Å². The fourth-order valence-corrected chi connectivity index (χ4v) is 2.34. The minimum Gasteiger partial charge on any atom is -0.379 e. The van der Waals surface area contributed by atoms with Gasteiger partial charge in [0.15, 0.2) is 0 Å². The van der Waals surface area contributed by atoms with Crippen LogP contribution in [0.1, 0.15) is 28.7 Å². The van der Waals surface area contributed by atoms with Crippen LogP contribution in [0.25, 0.3) is 0 Å². The maximum atomic E-state index is 11.1. The van der Waals surface area contributed by atoms with E-state index < -0.39 is 5.91 Å². The van der Waals surface area contributed by atoms with Crippen LogP contribution in [0, 0.1) is 0 Å². The molecule has 6 heteroatoms. The van der Waals surface area contributed by atoms with Gasteiger partial charge in [0.05, 0.1) is 23.0 Å². The Kier molecular flexibility index (Phi) is 4.29. The van der Waals surface area contributed by atoms with E-state index in [0.717, 1.165) is 23.5 Å². The van der Waals surface area contributed by atoms with Gasteiger partial charge in [0, 0.05) is 18.3 Å². The molecule has 0 aliphatic rings. The van der Waals surface area contributed by atoms with E-state index in [0.29, 0.717) is 17.1 Å². The summed E-state index contributed by atoms with van der Waals surface area (Å²) >= 11 is 6.28. The van der Waals surface area contributed by atoms with Crippen molar-refractivity contribution in [3.05, 3.63) is 46.2 Å². The van der Waals surface area contributed by atoms with Gasteiger partial charge in [-0.25, -0.2) is 0 Å². The molecule has 0 spiro atoms. The Labute approximate surface area is 122 Å². The quantitative estimate of drug-likeness (QED) is 0.888. The highest BCUT2D eigenvalue weighted by Gasteiger charge is 2.12. The number of aromatic nitrogens is 2. The fourth-order valence-electron chi connectivity index (χ4n) is 1.98.